The van der Waals surface area contributed by atoms with E-state index in [1.54, 1.807) is 18.2 Å². The van der Waals surface area contributed by atoms with Gasteiger partial charge in [-0.2, -0.15) is 0 Å². The molecule has 2 aromatic rings. The summed E-state index contributed by atoms with van der Waals surface area (Å²) in [5.74, 6) is -0.507. The van der Waals surface area contributed by atoms with E-state index in [1.807, 2.05) is 0 Å². The molecule has 0 spiro atoms. The van der Waals surface area contributed by atoms with Crippen LogP contribution in [0.25, 0.3) is 6.08 Å². The Hall–Kier alpha value is -2.47. The van der Waals surface area contributed by atoms with E-state index >= 15 is 0 Å². The maximum absolute atomic E-state index is 12.0. The standard InChI is InChI=1S/C15H10BrNO4/c16-11-5-7-15(19)13(9-11)14(18)6-4-10-2-1-3-12(8-10)17(20)21/h1-9,19H/b6-4+. The Kier molecular flexibility index (Phi) is 4.49. The van der Waals surface area contributed by atoms with Crippen LogP contribution in [0.3, 0.4) is 0 Å². The highest BCUT2D eigenvalue weighted by Gasteiger charge is 2.09. The summed E-state index contributed by atoms with van der Waals surface area (Å²) in [5, 5.41) is 20.3. The van der Waals surface area contributed by atoms with Crippen LogP contribution in [-0.4, -0.2) is 15.8 Å². The summed E-state index contributed by atoms with van der Waals surface area (Å²) in [4.78, 5) is 22.2. The highest BCUT2D eigenvalue weighted by Crippen LogP contribution is 2.23. The molecule has 0 aliphatic rings. The number of aromatic hydroxyl groups is 1. The lowest BCUT2D eigenvalue weighted by atomic mass is 10.1. The van der Waals surface area contributed by atoms with Crippen LogP contribution in [0.5, 0.6) is 5.75 Å². The molecule has 0 heterocycles. The van der Waals surface area contributed by atoms with Crippen molar-refractivity contribution in [2.24, 2.45) is 0 Å². The molecule has 2 rings (SSSR count). The molecule has 0 unspecified atom stereocenters. The minimum atomic E-state index is -0.501. The molecule has 0 radical (unpaired) electrons. The van der Waals surface area contributed by atoms with Crippen molar-refractivity contribution in [2.45, 2.75) is 0 Å². The van der Waals surface area contributed by atoms with Crippen molar-refractivity contribution in [3.8, 4) is 5.75 Å². The smallest absolute Gasteiger partial charge is 0.270 e. The summed E-state index contributed by atoms with van der Waals surface area (Å²) in [6.45, 7) is 0. The second kappa shape index (κ2) is 6.32. The number of nitro groups is 1. The van der Waals surface area contributed by atoms with Crippen LogP contribution < -0.4 is 0 Å². The summed E-state index contributed by atoms with van der Waals surface area (Å²) < 4.78 is 0.674. The van der Waals surface area contributed by atoms with Crippen molar-refractivity contribution in [3.05, 3.63) is 74.3 Å². The Morgan fingerprint density at radius 2 is 2.00 bits per heavy atom. The number of halogens is 1. The lowest BCUT2D eigenvalue weighted by Crippen LogP contribution is -1.95. The van der Waals surface area contributed by atoms with E-state index in [4.69, 9.17) is 0 Å². The summed E-state index contributed by atoms with van der Waals surface area (Å²) in [6.07, 6.45) is 2.73. The van der Waals surface area contributed by atoms with Crippen LogP contribution in [-0.2, 0) is 0 Å². The number of non-ortho nitro benzene ring substituents is 1. The third kappa shape index (κ3) is 3.76. The highest BCUT2D eigenvalue weighted by atomic mass is 79.9. The fourth-order valence-corrected chi connectivity index (χ4v) is 2.07. The number of carbonyl (C=O) groups is 1. The molecule has 0 saturated heterocycles. The van der Waals surface area contributed by atoms with Crippen molar-refractivity contribution in [2.75, 3.05) is 0 Å². The van der Waals surface area contributed by atoms with E-state index in [1.165, 1.54) is 36.4 Å². The third-order valence-electron chi connectivity index (χ3n) is 2.73. The number of phenolic OH excluding ortho intramolecular Hbond substituents is 1. The Morgan fingerprint density at radius 1 is 1.24 bits per heavy atom. The molecule has 106 valence electrons. The maximum Gasteiger partial charge on any atom is 0.270 e. The van der Waals surface area contributed by atoms with Gasteiger partial charge in [-0.25, -0.2) is 0 Å². The van der Waals surface area contributed by atoms with Gasteiger partial charge in [0.1, 0.15) is 5.75 Å². The Morgan fingerprint density at radius 3 is 2.71 bits per heavy atom. The van der Waals surface area contributed by atoms with Gasteiger partial charge in [-0.15, -0.1) is 0 Å². The minimum Gasteiger partial charge on any atom is -0.507 e. The monoisotopic (exact) mass is 347 g/mol. The Bertz CT molecular complexity index is 740. The van der Waals surface area contributed by atoms with Crippen molar-refractivity contribution >= 4 is 33.5 Å². The molecule has 0 aromatic heterocycles. The molecule has 0 amide bonds. The average Bonchev–Trinajstić information content (AvgIpc) is 2.47. The molecule has 0 bridgehead atoms. The Balaban J connectivity index is 2.24. The number of rotatable bonds is 4. The number of nitro benzene ring substituents is 1. The maximum atomic E-state index is 12.0. The first-order chi connectivity index (χ1) is 9.97. The van der Waals surface area contributed by atoms with Gasteiger partial charge in [-0.1, -0.05) is 34.1 Å². The van der Waals surface area contributed by atoms with Crippen LogP contribution in [0, 0.1) is 10.1 Å². The molecule has 2 aromatic carbocycles. The molecule has 5 nitrogen and oxygen atoms in total. The van der Waals surface area contributed by atoms with E-state index in [0.29, 0.717) is 10.0 Å². The lowest BCUT2D eigenvalue weighted by Gasteiger charge is -2.01. The van der Waals surface area contributed by atoms with Gasteiger partial charge < -0.3 is 5.11 Å². The van der Waals surface area contributed by atoms with E-state index in [0.717, 1.165) is 0 Å². The number of nitrogens with zero attached hydrogens (tertiary/aromatic N) is 1. The first-order valence-corrected chi connectivity index (χ1v) is 6.72. The number of ketones is 1. The first-order valence-electron chi connectivity index (χ1n) is 5.93. The molecule has 0 fully saturated rings. The van der Waals surface area contributed by atoms with Gasteiger partial charge in [0, 0.05) is 16.6 Å². The molecule has 0 atom stereocenters. The van der Waals surface area contributed by atoms with Gasteiger partial charge in [0.2, 0.25) is 0 Å². The molecular weight excluding hydrogens is 338 g/mol. The number of hydrogen-bond donors (Lipinski definition) is 1. The normalized spacial score (nSPS) is 10.7. The van der Waals surface area contributed by atoms with Crippen LogP contribution in [0.1, 0.15) is 15.9 Å². The van der Waals surface area contributed by atoms with Crippen LogP contribution in [0.15, 0.2) is 53.0 Å². The van der Waals surface area contributed by atoms with Crippen molar-refractivity contribution in [3.63, 3.8) is 0 Å². The third-order valence-corrected chi connectivity index (χ3v) is 3.23. The number of phenols is 1. The summed E-state index contributed by atoms with van der Waals surface area (Å²) in [6, 6.07) is 10.5. The lowest BCUT2D eigenvalue weighted by molar-refractivity contribution is -0.384. The second-order valence-corrected chi connectivity index (χ2v) is 5.13. The fourth-order valence-electron chi connectivity index (χ4n) is 1.71. The number of hydrogen-bond acceptors (Lipinski definition) is 4. The molecular formula is C15H10BrNO4. The highest BCUT2D eigenvalue weighted by molar-refractivity contribution is 9.10. The number of allylic oxidation sites excluding steroid dienone is 1. The zero-order chi connectivity index (χ0) is 15.4. The number of benzene rings is 2. The van der Waals surface area contributed by atoms with Crippen LogP contribution in [0.4, 0.5) is 5.69 Å². The van der Waals surface area contributed by atoms with Gasteiger partial charge in [-0.3, -0.25) is 14.9 Å². The van der Waals surface area contributed by atoms with Crippen molar-refractivity contribution in [1.29, 1.82) is 0 Å². The molecule has 6 heteroatoms. The van der Waals surface area contributed by atoms with Crippen LogP contribution in [0.2, 0.25) is 0 Å². The molecule has 21 heavy (non-hydrogen) atoms. The minimum absolute atomic E-state index is 0.0464. The van der Waals surface area contributed by atoms with Gasteiger partial charge in [0.05, 0.1) is 10.5 Å². The Labute approximate surface area is 128 Å². The summed E-state index contributed by atoms with van der Waals surface area (Å²) in [5.41, 5.74) is 0.646. The van der Waals surface area contributed by atoms with E-state index in [-0.39, 0.29) is 22.8 Å². The average molecular weight is 348 g/mol. The SMILES string of the molecule is O=C(/C=C/c1cccc([N+](=O)[O-])c1)c1cc(Br)ccc1O. The van der Waals surface area contributed by atoms with E-state index in [9.17, 15) is 20.0 Å². The summed E-state index contributed by atoms with van der Waals surface area (Å²) in [7, 11) is 0. The molecule has 0 aliphatic carbocycles. The quantitative estimate of drug-likeness (QED) is 0.393. The largest absolute Gasteiger partial charge is 0.507 e. The fraction of sp³-hybridized carbons (Fsp3) is 0. The van der Waals surface area contributed by atoms with Crippen LogP contribution >= 0.6 is 15.9 Å². The van der Waals surface area contributed by atoms with E-state index < -0.39 is 4.92 Å². The van der Waals surface area contributed by atoms with Crippen molar-refractivity contribution in [1.82, 2.24) is 0 Å². The summed E-state index contributed by atoms with van der Waals surface area (Å²) >= 11 is 3.22. The molecule has 0 saturated carbocycles. The van der Waals surface area contributed by atoms with Gasteiger partial charge in [0.15, 0.2) is 5.78 Å². The predicted octanol–water partition coefficient (Wildman–Crippen LogP) is 3.96. The molecule has 1 N–H and O–H groups in total. The zero-order valence-corrected chi connectivity index (χ0v) is 12.3. The van der Waals surface area contributed by atoms with Gasteiger partial charge in [-0.05, 0) is 29.8 Å². The zero-order valence-electron chi connectivity index (χ0n) is 10.7. The topological polar surface area (TPSA) is 80.4 Å². The predicted molar refractivity (Wildman–Crippen MR) is 82.3 cm³/mol. The molecule has 0 aliphatic heterocycles. The van der Waals surface area contributed by atoms with Crippen molar-refractivity contribution < 1.29 is 14.8 Å². The van der Waals surface area contributed by atoms with E-state index in [2.05, 4.69) is 15.9 Å². The second-order valence-electron chi connectivity index (χ2n) is 4.21. The number of carbonyl (C=O) groups excluding carboxylic acids is 1. The first kappa shape index (κ1) is 14.9. The van der Waals surface area contributed by atoms with Gasteiger partial charge in [0.25, 0.3) is 5.69 Å². The van der Waals surface area contributed by atoms with Gasteiger partial charge >= 0.3 is 0 Å².